The second-order valence-electron chi connectivity index (χ2n) is 5.38. The molecular weight excluding hydrogens is 272 g/mol. The molecule has 0 bridgehead atoms. The first-order chi connectivity index (χ1) is 9.66. The van der Waals surface area contributed by atoms with Crippen molar-refractivity contribution in [1.29, 1.82) is 0 Å². The summed E-state index contributed by atoms with van der Waals surface area (Å²) in [6.07, 6.45) is 2.57. The number of amides is 2. The van der Waals surface area contributed by atoms with Gasteiger partial charge in [-0.05, 0) is 25.0 Å². The van der Waals surface area contributed by atoms with E-state index in [1.54, 1.807) is 4.90 Å². The van der Waals surface area contributed by atoms with E-state index in [0.717, 1.165) is 31.6 Å². The highest BCUT2D eigenvalue weighted by Crippen LogP contribution is 2.28. The van der Waals surface area contributed by atoms with E-state index >= 15 is 0 Å². The maximum Gasteiger partial charge on any atom is 0.255 e. The van der Waals surface area contributed by atoms with Gasteiger partial charge in [-0.3, -0.25) is 9.59 Å². The Balaban J connectivity index is 1.92. The van der Waals surface area contributed by atoms with Crippen molar-refractivity contribution >= 4 is 30.1 Å². The van der Waals surface area contributed by atoms with Crippen LogP contribution in [0.2, 0.25) is 0 Å². The van der Waals surface area contributed by atoms with Crippen molar-refractivity contribution in [2.45, 2.75) is 24.5 Å². The molecule has 2 aliphatic heterocycles. The fraction of sp³-hybridized carbons (Fsp3) is 0.467. The van der Waals surface area contributed by atoms with E-state index < -0.39 is 0 Å². The molecule has 1 aromatic carbocycles. The van der Waals surface area contributed by atoms with Gasteiger partial charge in [-0.1, -0.05) is 12.1 Å². The lowest BCUT2D eigenvalue weighted by Gasteiger charge is -2.22. The van der Waals surface area contributed by atoms with E-state index in [1.165, 1.54) is 0 Å². The van der Waals surface area contributed by atoms with E-state index in [1.807, 2.05) is 29.2 Å². The molecule has 0 spiro atoms. The first-order valence-corrected chi connectivity index (χ1v) is 7.55. The number of carbonyl (C=O) groups is 2. The molecule has 1 unspecified atom stereocenters. The van der Waals surface area contributed by atoms with Gasteiger partial charge in [0.15, 0.2) is 0 Å². The van der Waals surface area contributed by atoms with Crippen LogP contribution in [-0.4, -0.2) is 41.6 Å². The van der Waals surface area contributed by atoms with Gasteiger partial charge in [0.05, 0.1) is 11.3 Å². The summed E-state index contributed by atoms with van der Waals surface area (Å²) in [5, 5.41) is 0.0532. The number of nitrogens with zero attached hydrogens (tertiary/aromatic N) is 2. The molecule has 2 amide bonds. The van der Waals surface area contributed by atoms with E-state index in [2.05, 4.69) is 12.6 Å². The number of thiol groups is 1. The minimum absolute atomic E-state index is 0.0357. The molecule has 0 radical (unpaired) electrons. The van der Waals surface area contributed by atoms with Crippen LogP contribution in [0.5, 0.6) is 0 Å². The van der Waals surface area contributed by atoms with Gasteiger partial charge in [0.25, 0.3) is 5.91 Å². The van der Waals surface area contributed by atoms with Crippen LogP contribution in [0.3, 0.4) is 0 Å². The summed E-state index contributed by atoms with van der Waals surface area (Å²) in [6, 6.07) is 7.39. The molecule has 2 saturated heterocycles. The van der Waals surface area contributed by atoms with Crippen molar-refractivity contribution in [3.05, 3.63) is 29.8 Å². The quantitative estimate of drug-likeness (QED) is 0.846. The monoisotopic (exact) mass is 290 g/mol. The molecule has 4 nitrogen and oxygen atoms in total. The second kappa shape index (κ2) is 5.48. The molecule has 1 aromatic rings. The minimum atomic E-state index is 0.0357. The minimum Gasteiger partial charge on any atom is -0.339 e. The van der Waals surface area contributed by atoms with Gasteiger partial charge in [-0.25, -0.2) is 0 Å². The van der Waals surface area contributed by atoms with Crippen molar-refractivity contribution in [3.63, 3.8) is 0 Å². The Morgan fingerprint density at radius 2 is 1.90 bits per heavy atom. The molecule has 0 N–H and O–H groups in total. The zero-order valence-electron chi connectivity index (χ0n) is 11.3. The molecule has 20 heavy (non-hydrogen) atoms. The predicted molar refractivity (Wildman–Crippen MR) is 81.3 cm³/mol. The predicted octanol–water partition coefficient (Wildman–Crippen LogP) is 1.96. The number of hydrogen-bond donors (Lipinski definition) is 1. The van der Waals surface area contributed by atoms with Crippen molar-refractivity contribution in [1.82, 2.24) is 4.90 Å². The molecule has 0 saturated carbocycles. The van der Waals surface area contributed by atoms with Crippen LogP contribution in [0.25, 0.3) is 0 Å². The topological polar surface area (TPSA) is 40.6 Å². The summed E-state index contributed by atoms with van der Waals surface area (Å²) >= 11 is 4.38. The third kappa shape index (κ3) is 2.42. The Kier molecular flexibility index (Phi) is 3.70. The van der Waals surface area contributed by atoms with Crippen LogP contribution in [0.4, 0.5) is 5.69 Å². The number of rotatable bonds is 2. The van der Waals surface area contributed by atoms with E-state index in [4.69, 9.17) is 0 Å². The Bertz CT molecular complexity index is 540. The summed E-state index contributed by atoms with van der Waals surface area (Å²) in [5.74, 6) is 0.0835. The number of anilines is 1. The average Bonchev–Trinajstić information content (AvgIpc) is 3.08. The molecule has 3 rings (SSSR count). The molecule has 0 aromatic heterocycles. The lowest BCUT2D eigenvalue weighted by molar-refractivity contribution is -0.117. The van der Waals surface area contributed by atoms with E-state index in [9.17, 15) is 9.59 Å². The summed E-state index contributed by atoms with van der Waals surface area (Å²) in [5.41, 5.74) is 1.36. The maximum atomic E-state index is 12.6. The van der Waals surface area contributed by atoms with Gasteiger partial charge < -0.3 is 9.80 Å². The SMILES string of the molecule is O=C(c1ccccc1N1CC(S)CC1=O)N1CCCC1. The van der Waals surface area contributed by atoms with E-state index in [0.29, 0.717) is 18.5 Å². The largest absolute Gasteiger partial charge is 0.339 e. The normalized spacial score (nSPS) is 22.6. The Labute approximate surface area is 124 Å². The average molecular weight is 290 g/mol. The fourth-order valence-corrected chi connectivity index (χ4v) is 3.22. The molecule has 106 valence electrons. The van der Waals surface area contributed by atoms with Gasteiger partial charge >= 0.3 is 0 Å². The highest BCUT2D eigenvalue weighted by atomic mass is 32.1. The third-order valence-electron chi connectivity index (χ3n) is 3.92. The van der Waals surface area contributed by atoms with Crippen LogP contribution < -0.4 is 4.90 Å². The summed E-state index contributed by atoms with van der Waals surface area (Å²) < 4.78 is 0. The highest BCUT2D eigenvalue weighted by Gasteiger charge is 2.31. The van der Waals surface area contributed by atoms with Crippen molar-refractivity contribution in [2.75, 3.05) is 24.5 Å². The second-order valence-corrected chi connectivity index (χ2v) is 6.11. The van der Waals surface area contributed by atoms with E-state index in [-0.39, 0.29) is 17.1 Å². The van der Waals surface area contributed by atoms with Crippen LogP contribution >= 0.6 is 12.6 Å². The number of likely N-dealkylation sites (tertiary alicyclic amines) is 1. The van der Waals surface area contributed by atoms with Gasteiger partial charge in [0, 0.05) is 31.3 Å². The van der Waals surface area contributed by atoms with Gasteiger partial charge in [-0.15, -0.1) is 0 Å². The molecule has 2 aliphatic rings. The van der Waals surface area contributed by atoms with Gasteiger partial charge in [-0.2, -0.15) is 12.6 Å². The summed E-state index contributed by atoms with van der Waals surface area (Å²) in [7, 11) is 0. The highest BCUT2D eigenvalue weighted by molar-refractivity contribution is 7.81. The van der Waals surface area contributed by atoms with Crippen molar-refractivity contribution in [3.8, 4) is 0 Å². The lowest BCUT2D eigenvalue weighted by atomic mass is 10.1. The number of hydrogen-bond acceptors (Lipinski definition) is 3. The summed E-state index contributed by atoms with van der Waals surface area (Å²) in [4.78, 5) is 28.2. The smallest absolute Gasteiger partial charge is 0.255 e. The van der Waals surface area contributed by atoms with Crippen LogP contribution in [0.1, 0.15) is 29.6 Å². The van der Waals surface area contributed by atoms with Gasteiger partial charge in [0.2, 0.25) is 5.91 Å². The maximum absolute atomic E-state index is 12.6. The van der Waals surface area contributed by atoms with Crippen LogP contribution in [-0.2, 0) is 4.79 Å². The third-order valence-corrected chi connectivity index (χ3v) is 4.27. The Morgan fingerprint density at radius 3 is 2.55 bits per heavy atom. The molecule has 0 aliphatic carbocycles. The molecule has 1 atom stereocenters. The molecule has 5 heteroatoms. The first-order valence-electron chi connectivity index (χ1n) is 7.03. The number of carbonyl (C=O) groups excluding carboxylic acids is 2. The summed E-state index contributed by atoms with van der Waals surface area (Å²) in [6.45, 7) is 2.21. The van der Waals surface area contributed by atoms with Gasteiger partial charge in [0.1, 0.15) is 0 Å². The zero-order valence-corrected chi connectivity index (χ0v) is 12.2. The van der Waals surface area contributed by atoms with Crippen molar-refractivity contribution in [2.24, 2.45) is 0 Å². The Hall–Kier alpha value is -1.49. The molecule has 2 fully saturated rings. The molecule has 2 heterocycles. The molecular formula is C15H18N2O2S. The lowest BCUT2D eigenvalue weighted by Crippen LogP contribution is -2.32. The standard InChI is InChI=1S/C15H18N2O2S/c18-14-9-11(20)10-17(14)13-6-2-1-5-12(13)15(19)16-7-3-4-8-16/h1-2,5-6,11,20H,3-4,7-10H2. The number of benzene rings is 1. The Morgan fingerprint density at radius 1 is 1.20 bits per heavy atom. The van der Waals surface area contributed by atoms with Crippen LogP contribution in [0, 0.1) is 0 Å². The van der Waals surface area contributed by atoms with Crippen molar-refractivity contribution < 1.29 is 9.59 Å². The van der Waals surface area contributed by atoms with Crippen LogP contribution in [0.15, 0.2) is 24.3 Å². The number of para-hydroxylation sites is 1. The first kappa shape index (κ1) is 13.5. The zero-order chi connectivity index (χ0) is 14.1. The fourth-order valence-electron chi connectivity index (χ4n) is 2.90.